The summed E-state index contributed by atoms with van der Waals surface area (Å²) in [6, 6.07) is 3.12. The van der Waals surface area contributed by atoms with E-state index in [9.17, 15) is 32.4 Å². The molecule has 2 aliphatic heterocycles. The highest BCUT2D eigenvalue weighted by molar-refractivity contribution is 7.23. The lowest BCUT2D eigenvalue weighted by atomic mass is 9.92. The summed E-state index contributed by atoms with van der Waals surface area (Å²) >= 11 is 0.660. The van der Waals surface area contributed by atoms with Crippen molar-refractivity contribution < 1.29 is 41.0 Å². The van der Waals surface area contributed by atoms with Crippen molar-refractivity contribution in [2.45, 2.75) is 57.5 Å². The van der Waals surface area contributed by atoms with Gasteiger partial charge in [-0.05, 0) is 51.3 Å². The van der Waals surface area contributed by atoms with E-state index in [0.29, 0.717) is 36.5 Å². The average Bonchev–Trinajstić information content (AvgIpc) is 3.47. The topological polar surface area (TPSA) is 135 Å². The Balaban J connectivity index is 1.56. The number of nitrogens with two attached hydrogens (primary N) is 1. The fraction of sp³-hybridized carbons (Fsp3) is 0.387. The minimum Gasteiger partial charge on any atom is -0.456 e. The molecule has 246 valence electrons. The number of carbonyl (C=O) groups excluding carboxylic acids is 2. The van der Waals surface area contributed by atoms with Crippen LogP contribution in [0.25, 0.3) is 32.1 Å². The van der Waals surface area contributed by atoms with Gasteiger partial charge in [0.25, 0.3) is 0 Å². The van der Waals surface area contributed by atoms with Crippen molar-refractivity contribution in [1.82, 2.24) is 14.9 Å². The normalized spacial score (nSPS) is 18.1. The van der Waals surface area contributed by atoms with E-state index in [-0.39, 0.29) is 57.0 Å². The second-order valence-corrected chi connectivity index (χ2v) is 13.3. The molecule has 2 saturated heterocycles. The van der Waals surface area contributed by atoms with Crippen molar-refractivity contribution in [3.63, 3.8) is 0 Å². The van der Waals surface area contributed by atoms with E-state index in [1.807, 2.05) is 0 Å². The number of aldehydes is 1. The number of rotatable bonds is 5. The molecule has 2 aromatic heterocycles. The zero-order valence-corrected chi connectivity index (χ0v) is 26.1. The molecule has 2 bridgehead atoms. The first kappa shape index (κ1) is 32.2. The van der Waals surface area contributed by atoms with E-state index < -0.39 is 64.3 Å². The average molecular weight is 675 g/mol. The van der Waals surface area contributed by atoms with Gasteiger partial charge in [-0.25, -0.2) is 13.6 Å². The number of nitrogen functional groups attached to an aromatic ring is 1. The third-order valence-corrected chi connectivity index (χ3v) is 9.09. The molecular formula is C31H27F5N6O4S. The lowest BCUT2D eigenvalue weighted by Gasteiger charge is -2.42. The van der Waals surface area contributed by atoms with Gasteiger partial charge in [0.05, 0.1) is 27.9 Å². The Morgan fingerprint density at radius 2 is 1.85 bits per heavy atom. The van der Waals surface area contributed by atoms with E-state index in [1.165, 1.54) is 0 Å². The number of anilines is 2. The maximum Gasteiger partial charge on any atom is 0.417 e. The minimum atomic E-state index is -5.13. The SMILES string of the molecule is CC(C)(C)OC(=O)N1C2CCC1CN(c1nc(OCC=O)nc3c(F)c(-c4ccc(F)c5sc(N)c(C#N)c45)c(C(F)(F)F)cc13)C2. The fourth-order valence-corrected chi connectivity index (χ4v) is 7.24. The van der Waals surface area contributed by atoms with Gasteiger partial charge in [0.1, 0.15) is 40.4 Å². The number of nitrogens with zero attached hydrogens (tertiary/aromatic N) is 5. The maximum absolute atomic E-state index is 16.7. The van der Waals surface area contributed by atoms with Crippen LogP contribution >= 0.6 is 11.3 Å². The molecule has 0 aliphatic carbocycles. The number of hydrogen-bond acceptors (Lipinski definition) is 10. The Hall–Kier alpha value is -4.78. The Labute approximate surface area is 268 Å². The number of amides is 1. The van der Waals surface area contributed by atoms with Crippen LogP contribution in [0.3, 0.4) is 0 Å². The molecule has 10 nitrogen and oxygen atoms in total. The van der Waals surface area contributed by atoms with Crippen molar-refractivity contribution in [2.24, 2.45) is 0 Å². The summed E-state index contributed by atoms with van der Waals surface area (Å²) < 4.78 is 86.7. The summed E-state index contributed by atoms with van der Waals surface area (Å²) in [5, 5.41) is 9.02. The van der Waals surface area contributed by atoms with Gasteiger partial charge in [0, 0.05) is 29.4 Å². The highest BCUT2D eigenvalue weighted by atomic mass is 32.1. The number of thiophene rings is 1. The summed E-state index contributed by atoms with van der Waals surface area (Å²) in [4.78, 5) is 35.7. The van der Waals surface area contributed by atoms with Gasteiger partial charge in [-0.15, -0.1) is 11.3 Å². The van der Waals surface area contributed by atoms with Gasteiger partial charge in [-0.3, -0.25) is 9.69 Å². The first-order valence-electron chi connectivity index (χ1n) is 14.5. The summed E-state index contributed by atoms with van der Waals surface area (Å²) in [5.41, 5.74) is 1.52. The van der Waals surface area contributed by atoms with Gasteiger partial charge >= 0.3 is 18.3 Å². The van der Waals surface area contributed by atoms with Gasteiger partial charge < -0.3 is 20.1 Å². The lowest BCUT2D eigenvalue weighted by molar-refractivity contribution is -0.137. The molecule has 4 aromatic rings. The van der Waals surface area contributed by atoms with Crippen LogP contribution in [-0.2, 0) is 15.7 Å². The molecule has 6 rings (SSSR count). The summed E-state index contributed by atoms with van der Waals surface area (Å²) in [7, 11) is 0. The monoisotopic (exact) mass is 674 g/mol. The summed E-state index contributed by atoms with van der Waals surface area (Å²) in [6.07, 6.45) is -4.05. The van der Waals surface area contributed by atoms with Crippen molar-refractivity contribution in [1.29, 1.82) is 5.26 Å². The standard InChI is InChI=1S/C31H27F5N6O4S/c1-30(2,3)46-29(44)42-14-4-5-15(42)13-41(12-14)27-17-10-19(31(34,35)36)22(23(33)24(17)39-28(40-27)45-9-8-43)16-6-7-20(32)25-21(16)18(11-37)26(38)47-25/h6-8,10,14-15H,4-5,9,12-13,38H2,1-3H3. The van der Waals surface area contributed by atoms with E-state index in [1.54, 1.807) is 36.6 Å². The smallest absolute Gasteiger partial charge is 0.417 e. The Morgan fingerprint density at radius 1 is 1.17 bits per heavy atom. The van der Waals surface area contributed by atoms with Crippen molar-refractivity contribution in [3.05, 3.63) is 41.0 Å². The van der Waals surface area contributed by atoms with E-state index in [2.05, 4.69) is 9.97 Å². The molecule has 4 heterocycles. The minimum absolute atomic E-state index is 0.0886. The molecule has 2 fully saturated rings. The van der Waals surface area contributed by atoms with Crippen molar-refractivity contribution in [3.8, 4) is 23.2 Å². The zero-order valence-electron chi connectivity index (χ0n) is 25.2. The number of benzene rings is 2. The molecule has 0 saturated carbocycles. The molecule has 0 radical (unpaired) electrons. The maximum atomic E-state index is 16.7. The second-order valence-electron chi connectivity index (χ2n) is 12.2. The van der Waals surface area contributed by atoms with Crippen LogP contribution in [0, 0.1) is 23.0 Å². The molecule has 2 atom stereocenters. The van der Waals surface area contributed by atoms with Crippen LogP contribution in [0.2, 0.25) is 0 Å². The zero-order chi connectivity index (χ0) is 34.0. The van der Waals surface area contributed by atoms with E-state index in [0.717, 1.165) is 12.1 Å². The van der Waals surface area contributed by atoms with E-state index >= 15 is 4.39 Å². The van der Waals surface area contributed by atoms with Gasteiger partial charge in [-0.2, -0.15) is 28.4 Å². The molecule has 2 aliphatic rings. The van der Waals surface area contributed by atoms with Gasteiger partial charge in [0.2, 0.25) is 0 Å². The second kappa shape index (κ2) is 11.5. The van der Waals surface area contributed by atoms with Crippen LogP contribution in [-0.4, -0.2) is 64.6 Å². The molecule has 0 spiro atoms. The molecule has 2 N–H and O–H groups in total. The first-order chi connectivity index (χ1) is 22.1. The number of halogens is 5. The number of nitriles is 1. The first-order valence-corrected chi connectivity index (χ1v) is 15.3. The molecule has 2 aromatic carbocycles. The molecular weight excluding hydrogens is 647 g/mol. The number of piperazine rings is 1. The molecule has 47 heavy (non-hydrogen) atoms. The summed E-state index contributed by atoms with van der Waals surface area (Å²) in [6.45, 7) is 4.97. The molecule has 2 unspecified atom stereocenters. The fourth-order valence-electron chi connectivity index (χ4n) is 6.29. The predicted molar refractivity (Wildman–Crippen MR) is 163 cm³/mol. The third-order valence-electron chi connectivity index (χ3n) is 8.06. The molecule has 1 amide bonds. The number of alkyl halides is 3. The number of ether oxygens (including phenoxy) is 2. The quantitative estimate of drug-likeness (QED) is 0.188. The Kier molecular flexibility index (Phi) is 7.86. The number of aromatic nitrogens is 2. The van der Waals surface area contributed by atoms with Crippen LogP contribution < -0.4 is 15.4 Å². The number of carbonyl (C=O) groups is 2. The summed E-state index contributed by atoms with van der Waals surface area (Å²) in [5.74, 6) is -2.35. The number of fused-ring (bicyclic) bond motifs is 4. The third kappa shape index (κ3) is 5.62. The van der Waals surface area contributed by atoms with E-state index in [4.69, 9.17) is 15.2 Å². The van der Waals surface area contributed by atoms with Crippen LogP contribution in [0.15, 0.2) is 18.2 Å². The lowest BCUT2D eigenvalue weighted by Crippen LogP contribution is -2.57. The number of hydrogen-bond donors (Lipinski definition) is 1. The van der Waals surface area contributed by atoms with Gasteiger partial charge in [-0.1, -0.05) is 6.07 Å². The Bertz CT molecular complexity index is 1970. The van der Waals surface area contributed by atoms with Crippen molar-refractivity contribution >= 4 is 55.5 Å². The van der Waals surface area contributed by atoms with Crippen molar-refractivity contribution in [2.75, 3.05) is 30.3 Å². The highest BCUT2D eigenvalue weighted by Gasteiger charge is 2.46. The highest BCUT2D eigenvalue weighted by Crippen LogP contribution is 2.48. The van der Waals surface area contributed by atoms with Crippen LogP contribution in [0.4, 0.5) is 37.6 Å². The predicted octanol–water partition coefficient (Wildman–Crippen LogP) is 6.43. The molecule has 16 heteroatoms. The largest absolute Gasteiger partial charge is 0.456 e. The van der Waals surface area contributed by atoms with Crippen LogP contribution in [0.5, 0.6) is 6.01 Å². The van der Waals surface area contributed by atoms with Crippen LogP contribution in [0.1, 0.15) is 44.7 Å². The van der Waals surface area contributed by atoms with Gasteiger partial charge in [0.15, 0.2) is 12.1 Å². The Morgan fingerprint density at radius 3 is 2.45 bits per heavy atom.